The normalized spacial score (nSPS) is 18.2. The summed E-state index contributed by atoms with van der Waals surface area (Å²) < 4.78 is 5.71. The minimum Gasteiger partial charge on any atom is -0.494 e. The van der Waals surface area contributed by atoms with E-state index in [-0.39, 0.29) is 0 Å². The molecule has 2 heterocycles. The standard InChI is InChI=1S/C30H42N6O3P/c1-31-30(32-14-11-24-7-5-6-8-29(24)40(3,4)38)33-27-10-9-26(23-28(27)39-2)35-15-12-25(13-16-35)36-19-17-34(18-20-36)21-22-37/h5-11,14,22-23,25,38H,1,12-13,15-21H2,2-4H3,(H,32,33)/q+1/b14-11-. The third-order valence-electron chi connectivity index (χ3n) is 7.64. The van der Waals surface area contributed by atoms with E-state index in [0.717, 1.165) is 80.6 Å². The molecule has 0 bridgehead atoms. The van der Waals surface area contributed by atoms with E-state index in [9.17, 15) is 9.69 Å². The van der Waals surface area contributed by atoms with Gasteiger partial charge in [0.25, 0.3) is 0 Å². The summed E-state index contributed by atoms with van der Waals surface area (Å²) in [4.78, 5) is 37.1. The van der Waals surface area contributed by atoms with E-state index in [1.165, 1.54) is 0 Å². The van der Waals surface area contributed by atoms with Crippen LogP contribution in [0.1, 0.15) is 18.4 Å². The van der Waals surface area contributed by atoms with Gasteiger partial charge in [-0.15, -0.1) is 0 Å². The number of aldehydes is 1. The van der Waals surface area contributed by atoms with Crippen LogP contribution in [0.4, 0.5) is 11.4 Å². The number of methoxy groups -OCH3 is 1. The Morgan fingerprint density at radius 2 is 1.85 bits per heavy atom. The van der Waals surface area contributed by atoms with Crippen molar-refractivity contribution >= 4 is 49.2 Å². The second kappa shape index (κ2) is 14.0. The Kier molecular flexibility index (Phi) is 10.5. The monoisotopic (exact) mass is 565 g/mol. The maximum absolute atomic E-state index is 10.8. The Hall–Kier alpha value is -3.10. The highest BCUT2D eigenvalue weighted by atomic mass is 31.2. The molecular weight excluding hydrogens is 523 g/mol. The number of hydrogen-bond donors (Lipinski definition) is 2. The zero-order valence-corrected chi connectivity index (χ0v) is 24.8. The topological polar surface area (TPSA) is 93.0 Å². The molecular formula is C30H42N6O3P+. The average Bonchev–Trinajstić information content (AvgIpc) is 2.97. The highest BCUT2D eigenvalue weighted by Gasteiger charge is 2.28. The first-order chi connectivity index (χ1) is 19.3. The molecule has 2 fully saturated rings. The minimum atomic E-state index is -2.16. The molecule has 4 rings (SSSR count). The van der Waals surface area contributed by atoms with Gasteiger partial charge in [0, 0.05) is 68.8 Å². The molecule has 214 valence electrons. The lowest BCUT2D eigenvalue weighted by Crippen LogP contribution is -2.53. The van der Waals surface area contributed by atoms with Crippen LogP contribution in [0.25, 0.3) is 6.08 Å². The summed E-state index contributed by atoms with van der Waals surface area (Å²) in [5, 5.41) is 4.15. The molecule has 0 spiro atoms. The van der Waals surface area contributed by atoms with Gasteiger partial charge >= 0.3 is 0 Å². The first-order valence-electron chi connectivity index (χ1n) is 13.8. The second-order valence-electron chi connectivity index (χ2n) is 10.6. The second-order valence-corrected chi connectivity index (χ2v) is 13.9. The fourth-order valence-electron chi connectivity index (χ4n) is 5.43. The van der Waals surface area contributed by atoms with E-state index in [1.54, 1.807) is 13.3 Å². The number of aliphatic imine (C=N–C) groups is 2. The van der Waals surface area contributed by atoms with E-state index < -0.39 is 7.49 Å². The predicted molar refractivity (Wildman–Crippen MR) is 169 cm³/mol. The van der Waals surface area contributed by atoms with Gasteiger partial charge in [0.05, 0.1) is 32.7 Å². The van der Waals surface area contributed by atoms with Gasteiger partial charge in [0.15, 0.2) is 7.49 Å². The number of piperidine rings is 1. The van der Waals surface area contributed by atoms with Crippen molar-refractivity contribution in [2.24, 2.45) is 9.98 Å². The van der Waals surface area contributed by atoms with Crippen LogP contribution in [-0.2, 0) is 4.79 Å². The molecule has 2 aliphatic rings. The van der Waals surface area contributed by atoms with Crippen molar-refractivity contribution in [1.29, 1.82) is 0 Å². The van der Waals surface area contributed by atoms with Gasteiger partial charge < -0.3 is 19.7 Å². The molecule has 0 unspecified atom stereocenters. The number of hydrogen-bond acceptors (Lipinski definition) is 7. The number of ether oxygens (including phenoxy) is 1. The van der Waals surface area contributed by atoms with Crippen LogP contribution in [-0.4, -0.2) is 106 Å². The Labute approximate surface area is 238 Å². The maximum Gasteiger partial charge on any atom is 0.226 e. The van der Waals surface area contributed by atoms with Crippen LogP contribution in [0.3, 0.4) is 0 Å². The van der Waals surface area contributed by atoms with E-state index in [0.29, 0.717) is 24.3 Å². The van der Waals surface area contributed by atoms with Crippen molar-refractivity contribution in [3.63, 3.8) is 0 Å². The lowest BCUT2D eigenvalue weighted by molar-refractivity contribution is -0.109. The molecule has 2 aliphatic heterocycles. The Morgan fingerprint density at radius 3 is 2.50 bits per heavy atom. The third kappa shape index (κ3) is 7.76. The zero-order chi connectivity index (χ0) is 28.5. The molecule has 0 saturated carbocycles. The van der Waals surface area contributed by atoms with Crippen LogP contribution in [0.5, 0.6) is 5.75 Å². The van der Waals surface area contributed by atoms with Crippen molar-refractivity contribution in [3.8, 4) is 5.75 Å². The van der Waals surface area contributed by atoms with Crippen molar-refractivity contribution in [2.45, 2.75) is 18.9 Å². The van der Waals surface area contributed by atoms with Crippen molar-refractivity contribution in [1.82, 2.24) is 9.80 Å². The molecule has 10 heteroatoms. The summed E-state index contributed by atoms with van der Waals surface area (Å²) in [6.07, 6.45) is 6.79. The number of rotatable bonds is 9. The molecule has 0 atom stereocenters. The fourth-order valence-corrected chi connectivity index (χ4v) is 6.67. The summed E-state index contributed by atoms with van der Waals surface area (Å²) >= 11 is 0. The van der Waals surface area contributed by atoms with E-state index >= 15 is 0 Å². The quantitative estimate of drug-likeness (QED) is 0.208. The molecule has 2 aromatic carbocycles. The van der Waals surface area contributed by atoms with Gasteiger partial charge in [-0.2, -0.15) is 0 Å². The molecule has 2 saturated heterocycles. The van der Waals surface area contributed by atoms with Gasteiger partial charge in [-0.3, -0.25) is 9.80 Å². The number of carbonyl (C=O) groups is 1. The van der Waals surface area contributed by atoms with Crippen LogP contribution in [0.15, 0.2) is 58.6 Å². The SMILES string of the molecule is C=NC(=N/C=C\c1ccccc1[P+](C)(C)O)Nc1ccc(N2CCC(N3CCN(CC=O)CC3)CC2)cc1OC. The van der Waals surface area contributed by atoms with Gasteiger partial charge in [0.2, 0.25) is 5.96 Å². The number of piperazine rings is 1. The lowest BCUT2D eigenvalue weighted by atomic mass is 10.0. The Balaban J connectivity index is 1.37. The molecule has 0 aliphatic carbocycles. The minimum absolute atomic E-state index is 0.354. The number of anilines is 2. The molecule has 0 aromatic heterocycles. The molecule has 0 amide bonds. The number of nitrogens with one attached hydrogen (secondary N) is 1. The first kappa shape index (κ1) is 29.9. The summed E-state index contributed by atoms with van der Waals surface area (Å²) in [6.45, 7) is 14.0. The average molecular weight is 566 g/mol. The highest BCUT2D eigenvalue weighted by molar-refractivity contribution is 7.76. The summed E-state index contributed by atoms with van der Waals surface area (Å²) in [5.41, 5.74) is 2.83. The molecule has 40 heavy (non-hydrogen) atoms. The van der Waals surface area contributed by atoms with Gasteiger partial charge in [0.1, 0.15) is 17.3 Å². The predicted octanol–water partition coefficient (Wildman–Crippen LogP) is 3.43. The number of guanidine groups is 1. The van der Waals surface area contributed by atoms with Crippen LogP contribution < -0.4 is 20.3 Å². The van der Waals surface area contributed by atoms with Crippen molar-refractivity contribution in [2.75, 3.05) is 76.5 Å². The fraction of sp³-hybridized carbons (Fsp3) is 0.433. The largest absolute Gasteiger partial charge is 0.494 e. The third-order valence-corrected chi connectivity index (χ3v) is 9.23. The Morgan fingerprint density at radius 1 is 1.12 bits per heavy atom. The van der Waals surface area contributed by atoms with Gasteiger partial charge in [-0.25, -0.2) is 14.9 Å². The molecule has 9 nitrogen and oxygen atoms in total. The Bertz CT molecular complexity index is 1210. The summed E-state index contributed by atoms with van der Waals surface area (Å²) in [5.74, 6) is 1.07. The first-order valence-corrected chi connectivity index (χ1v) is 16.4. The van der Waals surface area contributed by atoms with E-state index in [2.05, 4.69) is 48.9 Å². The smallest absolute Gasteiger partial charge is 0.226 e. The van der Waals surface area contributed by atoms with Crippen molar-refractivity contribution < 1.29 is 14.4 Å². The molecule has 0 radical (unpaired) electrons. The number of carbonyl (C=O) groups excluding carboxylic acids is 1. The van der Waals surface area contributed by atoms with Crippen LogP contribution >= 0.6 is 7.49 Å². The highest BCUT2D eigenvalue weighted by Crippen LogP contribution is 2.45. The number of nitrogens with zero attached hydrogens (tertiary/aromatic N) is 5. The van der Waals surface area contributed by atoms with Gasteiger partial charge in [-0.1, -0.05) is 18.2 Å². The van der Waals surface area contributed by atoms with Crippen LogP contribution in [0.2, 0.25) is 0 Å². The molecule has 2 aromatic rings. The summed E-state index contributed by atoms with van der Waals surface area (Å²) in [7, 11) is -0.498. The van der Waals surface area contributed by atoms with Crippen LogP contribution in [0, 0.1) is 0 Å². The summed E-state index contributed by atoms with van der Waals surface area (Å²) in [6, 6.07) is 14.5. The number of benzene rings is 2. The van der Waals surface area contributed by atoms with Crippen molar-refractivity contribution in [3.05, 3.63) is 54.2 Å². The van der Waals surface area contributed by atoms with Gasteiger partial charge in [-0.05, 0) is 43.8 Å². The lowest BCUT2D eigenvalue weighted by Gasteiger charge is -2.43. The maximum atomic E-state index is 10.8. The van der Waals surface area contributed by atoms with E-state index in [1.807, 2.05) is 49.7 Å². The van der Waals surface area contributed by atoms with E-state index in [4.69, 9.17) is 4.74 Å². The zero-order valence-electron chi connectivity index (χ0n) is 23.9. The molecule has 2 N–H and O–H groups in total.